The van der Waals surface area contributed by atoms with E-state index in [1.165, 1.54) is 25.3 Å². The normalized spacial score (nSPS) is 25.0. The molecule has 1 fully saturated rings. The molecule has 2 aliphatic rings. The molecular weight excluding hydrogens is 399 g/mol. The monoisotopic (exact) mass is 423 g/mol. The van der Waals surface area contributed by atoms with Crippen molar-refractivity contribution in [1.29, 1.82) is 5.41 Å². The molecule has 1 aliphatic carbocycles. The number of hydrogen-bond donors (Lipinski definition) is 4. The number of methoxy groups -OCH3 is 1. The van der Waals surface area contributed by atoms with Crippen LogP contribution in [0.25, 0.3) is 0 Å². The van der Waals surface area contributed by atoms with E-state index < -0.39 is 18.2 Å². The molecular formula is C20H24F3N5O2. The topological polar surface area (TPSA) is 102 Å². The van der Waals surface area contributed by atoms with Crippen molar-refractivity contribution < 1.29 is 23.0 Å². The summed E-state index contributed by atoms with van der Waals surface area (Å²) >= 11 is 0. The third-order valence-electron chi connectivity index (χ3n) is 4.79. The van der Waals surface area contributed by atoms with Gasteiger partial charge in [0.1, 0.15) is 11.5 Å². The zero-order valence-electron chi connectivity index (χ0n) is 16.9. The molecule has 1 heterocycles. The first-order valence-electron chi connectivity index (χ1n) is 9.38. The minimum Gasteiger partial charge on any atom is -0.497 e. The Labute approximate surface area is 172 Å². The molecule has 0 spiro atoms. The summed E-state index contributed by atoms with van der Waals surface area (Å²) in [5, 5.41) is 32.0. The molecule has 0 radical (unpaired) electrons. The number of nitrogens with zero attached hydrogens (tertiary/aromatic N) is 2. The van der Waals surface area contributed by atoms with Crippen molar-refractivity contribution in [3.05, 3.63) is 41.1 Å². The summed E-state index contributed by atoms with van der Waals surface area (Å²) in [5.74, 6) is 0.622. The van der Waals surface area contributed by atoms with E-state index in [2.05, 4.69) is 20.8 Å². The van der Waals surface area contributed by atoms with Crippen LogP contribution in [-0.4, -0.2) is 47.4 Å². The Morgan fingerprint density at radius 1 is 1.40 bits per heavy atom. The van der Waals surface area contributed by atoms with Gasteiger partial charge in [-0.2, -0.15) is 13.2 Å². The van der Waals surface area contributed by atoms with E-state index in [0.29, 0.717) is 30.2 Å². The third kappa shape index (κ3) is 5.38. The van der Waals surface area contributed by atoms with Gasteiger partial charge in [0.2, 0.25) is 5.96 Å². The van der Waals surface area contributed by atoms with Crippen LogP contribution in [0.3, 0.4) is 0 Å². The van der Waals surface area contributed by atoms with Crippen LogP contribution in [0.4, 0.5) is 13.2 Å². The molecule has 1 aromatic rings. The number of aliphatic hydroxyl groups is 1. The number of ether oxygens (including phenoxy) is 1. The van der Waals surface area contributed by atoms with Gasteiger partial charge in [-0.3, -0.25) is 0 Å². The predicted molar refractivity (Wildman–Crippen MR) is 108 cm³/mol. The van der Waals surface area contributed by atoms with Crippen LogP contribution >= 0.6 is 0 Å². The van der Waals surface area contributed by atoms with Gasteiger partial charge < -0.3 is 25.9 Å². The Kier molecular flexibility index (Phi) is 5.89. The number of halogens is 3. The number of allylic oxidation sites excluding steroid dienone is 2. The first-order chi connectivity index (χ1) is 14.0. The number of rotatable bonds is 5. The second-order valence-electron chi connectivity index (χ2n) is 7.82. The third-order valence-corrected chi connectivity index (χ3v) is 4.79. The minimum atomic E-state index is -4.41. The highest BCUT2D eigenvalue weighted by Gasteiger charge is 2.39. The van der Waals surface area contributed by atoms with E-state index in [1.807, 2.05) is 0 Å². The molecule has 1 saturated carbocycles. The first kappa shape index (κ1) is 21.8. The molecule has 4 N–H and O–H groups in total. The number of guanidine groups is 1. The summed E-state index contributed by atoms with van der Waals surface area (Å²) in [6.45, 7) is 3.30. The highest BCUT2D eigenvalue weighted by atomic mass is 19.4. The van der Waals surface area contributed by atoms with Gasteiger partial charge in [0, 0.05) is 17.3 Å². The summed E-state index contributed by atoms with van der Waals surface area (Å²) in [5.41, 5.74) is 0.291. The van der Waals surface area contributed by atoms with Crippen molar-refractivity contribution in [2.45, 2.75) is 50.9 Å². The zero-order chi connectivity index (χ0) is 22.1. The molecule has 0 bridgehead atoms. The van der Waals surface area contributed by atoms with Gasteiger partial charge in [-0.05, 0) is 56.5 Å². The van der Waals surface area contributed by atoms with Gasteiger partial charge in [-0.15, -0.1) is 10.2 Å². The summed E-state index contributed by atoms with van der Waals surface area (Å²) < 4.78 is 44.5. The molecule has 7 nitrogen and oxygen atoms in total. The first-order valence-corrected chi connectivity index (χ1v) is 9.38. The molecule has 162 valence electrons. The Bertz CT molecular complexity index is 927. The Hall–Kier alpha value is -2.88. The van der Waals surface area contributed by atoms with Gasteiger partial charge in [0.15, 0.2) is 0 Å². The molecule has 1 aromatic carbocycles. The fraction of sp³-hybridized carbons (Fsp3) is 0.450. The molecule has 0 saturated heterocycles. The average Bonchev–Trinajstić information content (AvgIpc) is 2.59. The standard InChI is InChI=1S/C20H24F3N5O2/c1-11(24)6-16-17(27-28-18(26-16)25-13-9-19(2,29)10-13)15-5-4-14(30-3)7-12(15)8-20(21,22)23/h4-7,13,24,29H,8-10H2,1-3H3,(H2,25,26,28)/b16-6-,24-11?. The van der Waals surface area contributed by atoms with Crippen LogP contribution in [-0.2, 0) is 6.42 Å². The summed E-state index contributed by atoms with van der Waals surface area (Å²) in [6, 6.07) is 4.39. The van der Waals surface area contributed by atoms with Crippen LogP contribution in [0.1, 0.15) is 37.8 Å². The number of hydrogen-bond acceptors (Lipinski definition) is 7. The Balaban J connectivity index is 1.96. The minimum absolute atomic E-state index is 0.00224. The fourth-order valence-electron chi connectivity index (χ4n) is 3.54. The summed E-state index contributed by atoms with van der Waals surface area (Å²) in [7, 11) is 1.38. The van der Waals surface area contributed by atoms with Crippen molar-refractivity contribution in [2.24, 2.45) is 10.2 Å². The van der Waals surface area contributed by atoms with Gasteiger partial charge in [0.05, 0.1) is 24.8 Å². The van der Waals surface area contributed by atoms with E-state index >= 15 is 0 Å². The molecule has 30 heavy (non-hydrogen) atoms. The molecule has 0 amide bonds. The lowest BCUT2D eigenvalue weighted by Gasteiger charge is -2.41. The van der Waals surface area contributed by atoms with Gasteiger partial charge >= 0.3 is 6.18 Å². The zero-order valence-corrected chi connectivity index (χ0v) is 16.9. The van der Waals surface area contributed by atoms with Crippen LogP contribution in [0, 0.1) is 5.41 Å². The smallest absolute Gasteiger partial charge is 0.393 e. The largest absolute Gasteiger partial charge is 0.497 e. The highest BCUT2D eigenvalue weighted by Crippen LogP contribution is 2.32. The number of nitrogens with one attached hydrogen (secondary N) is 3. The lowest BCUT2D eigenvalue weighted by Crippen LogP contribution is -2.56. The maximum atomic E-state index is 13.1. The van der Waals surface area contributed by atoms with Crippen LogP contribution < -0.4 is 15.4 Å². The van der Waals surface area contributed by atoms with Crippen molar-refractivity contribution in [3.63, 3.8) is 0 Å². The maximum Gasteiger partial charge on any atom is 0.393 e. The van der Waals surface area contributed by atoms with E-state index in [9.17, 15) is 18.3 Å². The van der Waals surface area contributed by atoms with Gasteiger partial charge in [0.25, 0.3) is 0 Å². The average molecular weight is 423 g/mol. The lowest BCUT2D eigenvalue weighted by molar-refractivity contribution is -0.127. The van der Waals surface area contributed by atoms with E-state index in [4.69, 9.17) is 10.1 Å². The molecule has 0 unspecified atom stereocenters. The van der Waals surface area contributed by atoms with Crippen LogP contribution in [0.15, 0.2) is 40.2 Å². The Morgan fingerprint density at radius 3 is 2.67 bits per heavy atom. The fourth-order valence-corrected chi connectivity index (χ4v) is 3.54. The molecule has 0 atom stereocenters. The SMILES string of the molecule is COc1ccc(C2=NN=C(NC3CC(C)(O)C3)N/C2=C\C(C)=N)c(CC(F)(F)F)c1. The van der Waals surface area contributed by atoms with Crippen LogP contribution in [0.2, 0.25) is 0 Å². The second kappa shape index (κ2) is 8.10. The molecule has 3 rings (SSSR count). The molecule has 10 heteroatoms. The predicted octanol–water partition coefficient (Wildman–Crippen LogP) is 2.89. The van der Waals surface area contributed by atoms with E-state index in [0.717, 1.165) is 0 Å². The van der Waals surface area contributed by atoms with Crippen molar-refractivity contribution in [2.75, 3.05) is 7.11 Å². The summed E-state index contributed by atoms with van der Waals surface area (Å²) in [6.07, 6.45) is -3.00. The summed E-state index contributed by atoms with van der Waals surface area (Å²) in [4.78, 5) is 0. The molecule has 0 aromatic heterocycles. The number of benzene rings is 1. The van der Waals surface area contributed by atoms with Crippen LogP contribution in [0.5, 0.6) is 5.75 Å². The quantitative estimate of drug-likeness (QED) is 0.547. The van der Waals surface area contributed by atoms with Crippen molar-refractivity contribution in [1.82, 2.24) is 10.6 Å². The van der Waals surface area contributed by atoms with E-state index in [1.54, 1.807) is 19.9 Å². The Morgan fingerprint density at radius 2 is 2.10 bits per heavy atom. The number of alkyl halides is 3. The van der Waals surface area contributed by atoms with Gasteiger partial charge in [-0.1, -0.05) is 0 Å². The van der Waals surface area contributed by atoms with Gasteiger partial charge in [-0.25, -0.2) is 0 Å². The van der Waals surface area contributed by atoms with E-state index in [-0.39, 0.29) is 28.6 Å². The second-order valence-corrected chi connectivity index (χ2v) is 7.82. The molecule has 1 aliphatic heterocycles. The lowest BCUT2D eigenvalue weighted by atomic mass is 9.77. The highest BCUT2D eigenvalue weighted by molar-refractivity contribution is 6.18. The maximum absolute atomic E-state index is 13.1. The van der Waals surface area contributed by atoms with Crippen molar-refractivity contribution in [3.8, 4) is 5.75 Å². The van der Waals surface area contributed by atoms with Crippen molar-refractivity contribution >= 4 is 17.4 Å².